The number of hydrogen-bond donors (Lipinski definition) is 0. The first kappa shape index (κ1) is 36.9. The maximum absolute atomic E-state index is 6.01. The Morgan fingerprint density at radius 3 is 1.27 bits per heavy atom. The van der Waals surface area contributed by atoms with Crippen molar-refractivity contribution in [3.63, 3.8) is 0 Å². The van der Waals surface area contributed by atoms with E-state index < -0.39 is 0 Å². The fraction of sp³-hybridized carbons (Fsp3) is 0.875. The van der Waals surface area contributed by atoms with Gasteiger partial charge in [0.1, 0.15) is 13.6 Å². The third-order valence-electron chi connectivity index (χ3n) is 6.65. The lowest BCUT2D eigenvalue weighted by atomic mass is 10.1. The van der Waals surface area contributed by atoms with Gasteiger partial charge in [-0.15, -0.1) is 23.2 Å². The molecule has 0 heterocycles. The first-order chi connectivity index (χ1) is 18.3. The fourth-order valence-corrected chi connectivity index (χ4v) is 4.78. The molecule has 0 bridgehead atoms. The van der Waals surface area contributed by atoms with Gasteiger partial charge in [0, 0.05) is 11.8 Å². The van der Waals surface area contributed by atoms with Crippen molar-refractivity contribution in [2.24, 2.45) is 0 Å². The van der Waals surface area contributed by atoms with Gasteiger partial charge >= 0.3 is 0 Å². The zero-order valence-corrected chi connectivity index (χ0v) is 25.9. The maximum atomic E-state index is 6.01. The molecule has 0 aromatic heterocycles. The van der Waals surface area contributed by atoms with E-state index in [2.05, 4.69) is 38.2 Å². The minimum Gasteiger partial charge on any atom is -0.352 e. The molecule has 0 fully saturated rings. The monoisotopic (exact) mass is 562 g/mol. The zero-order chi connectivity index (χ0) is 27.1. The molecule has 5 heteroatoms. The summed E-state index contributed by atoms with van der Waals surface area (Å²) in [7, 11) is 0. The molecule has 0 aromatic carbocycles. The molecule has 0 spiro atoms. The predicted octanol–water partition coefficient (Wildman–Crippen LogP) is 11.1. The van der Waals surface area contributed by atoms with E-state index in [1.165, 1.54) is 64.2 Å². The van der Waals surface area contributed by atoms with Crippen molar-refractivity contribution in [1.29, 1.82) is 0 Å². The summed E-state index contributed by atoms with van der Waals surface area (Å²) in [6, 6.07) is 0. The predicted molar refractivity (Wildman–Crippen MR) is 164 cm³/mol. The summed E-state index contributed by atoms with van der Waals surface area (Å²) < 4.78 is 17.7. The van der Waals surface area contributed by atoms with E-state index >= 15 is 0 Å². The van der Waals surface area contributed by atoms with Crippen LogP contribution in [-0.4, -0.2) is 37.6 Å². The van der Waals surface area contributed by atoms with E-state index in [4.69, 9.17) is 37.4 Å². The molecule has 0 saturated carbocycles. The molecule has 220 valence electrons. The Morgan fingerprint density at radius 2 is 0.865 bits per heavy atom. The Kier molecular flexibility index (Phi) is 32.1. The molecule has 0 aliphatic rings. The van der Waals surface area contributed by atoms with Crippen molar-refractivity contribution in [3.8, 4) is 0 Å². The zero-order valence-electron chi connectivity index (χ0n) is 24.4. The minimum atomic E-state index is 0.266. The largest absolute Gasteiger partial charge is 0.352 e. The lowest BCUT2D eigenvalue weighted by Crippen LogP contribution is -2.18. The minimum absolute atomic E-state index is 0.266. The van der Waals surface area contributed by atoms with Gasteiger partial charge in [0.15, 0.2) is 0 Å². The van der Waals surface area contributed by atoms with Gasteiger partial charge in [0.2, 0.25) is 0 Å². The summed E-state index contributed by atoms with van der Waals surface area (Å²) in [4.78, 5) is 0. The topological polar surface area (TPSA) is 27.7 Å². The third-order valence-corrected chi connectivity index (χ3v) is 7.18. The molecule has 0 radical (unpaired) electrons. The Bertz CT molecular complexity index is 443. The van der Waals surface area contributed by atoms with E-state index in [1.54, 1.807) is 0 Å². The first-order valence-electron chi connectivity index (χ1n) is 15.5. The van der Waals surface area contributed by atoms with Gasteiger partial charge < -0.3 is 14.2 Å². The Balaban J connectivity index is 3.86. The van der Waals surface area contributed by atoms with Gasteiger partial charge in [-0.3, -0.25) is 0 Å². The van der Waals surface area contributed by atoms with E-state index in [-0.39, 0.29) is 12.2 Å². The smallest absolute Gasteiger partial charge is 0.149 e. The van der Waals surface area contributed by atoms with E-state index in [0.717, 1.165) is 76.0 Å². The molecule has 0 aromatic rings. The summed E-state index contributed by atoms with van der Waals surface area (Å²) in [5, 5.41) is 0. The average Bonchev–Trinajstić information content (AvgIpc) is 2.90. The Hall–Kier alpha value is -0.0600. The summed E-state index contributed by atoms with van der Waals surface area (Å²) in [6.07, 6.45) is 33.6. The fourth-order valence-electron chi connectivity index (χ4n) is 4.40. The van der Waals surface area contributed by atoms with Gasteiger partial charge in [0.05, 0.1) is 12.2 Å². The number of allylic oxidation sites excluding steroid dienone is 4. The lowest BCUT2D eigenvalue weighted by molar-refractivity contribution is -0.167. The van der Waals surface area contributed by atoms with Crippen LogP contribution in [0.5, 0.6) is 0 Å². The van der Waals surface area contributed by atoms with Crippen LogP contribution in [-0.2, 0) is 14.2 Å². The SMILES string of the molecule is CCCC(CC/C=C\CCCCCCCCl)OCOCOC(CCC)CC/C=C\CCCCCCCCl. The standard InChI is InChI=1S/C32H60Cl2O3/c1-3-23-31(25-19-15-11-7-5-9-13-17-21-27-33)36-29-35-30-37-32(24-4-2)26-20-16-12-8-6-10-14-18-22-28-34/h11-12,15-16,31-32H,3-10,13-14,17-30H2,1-2H3/b15-11-,16-12-. The molecule has 2 atom stereocenters. The summed E-state index contributed by atoms with van der Waals surface area (Å²) in [5.74, 6) is 1.60. The normalized spacial score (nSPS) is 13.7. The molecule has 3 nitrogen and oxygen atoms in total. The van der Waals surface area contributed by atoms with Crippen LogP contribution in [0.2, 0.25) is 0 Å². The van der Waals surface area contributed by atoms with Gasteiger partial charge in [0.25, 0.3) is 0 Å². The second kappa shape index (κ2) is 32.2. The second-order valence-corrected chi connectivity index (χ2v) is 10.9. The van der Waals surface area contributed by atoms with Crippen molar-refractivity contribution in [1.82, 2.24) is 0 Å². The molecule has 0 saturated heterocycles. The van der Waals surface area contributed by atoms with Crippen LogP contribution < -0.4 is 0 Å². The van der Waals surface area contributed by atoms with E-state index in [1.807, 2.05) is 0 Å². The molecule has 0 amide bonds. The first-order valence-corrected chi connectivity index (χ1v) is 16.6. The molecular formula is C32H60Cl2O3. The molecule has 0 N–H and O–H groups in total. The van der Waals surface area contributed by atoms with Gasteiger partial charge in [-0.1, -0.05) is 89.5 Å². The third kappa shape index (κ3) is 28.8. The quantitative estimate of drug-likeness (QED) is 0.0376. The number of unbranched alkanes of at least 4 members (excludes halogenated alkanes) is 10. The van der Waals surface area contributed by atoms with Crippen molar-refractivity contribution in [2.75, 3.05) is 25.3 Å². The average molecular weight is 564 g/mol. The Morgan fingerprint density at radius 1 is 0.486 bits per heavy atom. The van der Waals surface area contributed by atoms with Crippen LogP contribution >= 0.6 is 23.2 Å². The van der Waals surface area contributed by atoms with Crippen LogP contribution in [0.3, 0.4) is 0 Å². The van der Waals surface area contributed by atoms with Crippen molar-refractivity contribution in [3.05, 3.63) is 24.3 Å². The van der Waals surface area contributed by atoms with Gasteiger partial charge in [-0.05, 0) is 77.0 Å². The lowest BCUT2D eigenvalue weighted by Gasteiger charge is -2.19. The number of alkyl halides is 2. The number of hydrogen-bond acceptors (Lipinski definition) is 3. The van der Waals surface area contributed by atoms with E-state index in [0.29, 0.717) is 13.6 Å². The summed E-state index contributed by atoms with van der Waals surface area (Å²) >= 11 is 11.4. The number of rotatable bonds is 30. The maximum Gasteiger partial charge on any atom is 0.149 e. The highest BCUT2D eigenvalue weighted by molar-refractivity contribution is 6.18. The summed E-state index contributed by atoms with van der Waals surface area (Å²) in [5.41, 5.74) is 0. The Labute approximate surface area is 241 Å². The van der Waals surface area contributed by atoms with Crippen molar-refractivity contribution < 1.29 is 14.2 Å². The second-order valence-electron chi connectivity index (χ2n) is 10.2. The van der Waals surface area contributed by atoms with Gasteiger partial charge in [-0.2, -0.15) is 0 Å². The number of halogens is 2. The van der Waals surface area contributed by atoms with Crippen LogP contribution in [0.4, 0.5) is 0 Å². The van der Waals surface area contributed by atoms with E-state index in [9.17, 15) is 0 Å². The molecule has 0 aliphatic carbocycles. The van der Waals surface area contributed by atoms with Gasteiger partial charge in [-0.25, -0.2) is 0 Å². The van der Waals surface area contributed by atoms with Crippen LogP contribution in [0.1, 0.15) is 142 Å². The molecule has 37 heavy (non-hydrogen) atoms. The van der Waals surface area contributed by atoms with Crippen molar-refractivity contribution >= 4 is 23.2 Å². The highest BCUT2D eigenvalue weighted by Crippen LogP contribution is 2.14. The summed E-state index contributed by atoms with van der Waals surface area (Å²) in [6.45, 7) is 5.07. The molecule has 0 rings (SSSR count). The van der Waals surface area contributed by atoms with Crippen LogP contribution in [0.25, 0.3) is 0 Å². The number of ether oxygens (including phenoxy) is 3. The highest BCUT2D eigenvalue weighted by atomic mass is 35.5. The van der Waals surface area contributed by atoms with Crippen LogP contribution in [0.15, 0.2) is 24.3 Å². The van der Waals surface area contributed by atoms with Crippen LogP contribution in [0, 0.1) is 0 Å². The molecular weight excluding hydrogens is 503 g/mol. The van der Waals surface area contributed by atoms with Crippen molar-refractivity contribution in [2.45, 2.75) is 154 Å². The highest BCUT2D eigenvalue weighted by Gasteiger charge is 2.09. The molecule has 0 aliphatic heterocycles. The molecule has 2 unspecified atom stereocenters.